The van der Waals surface area contributed by atoms with Gasteiger partial charge in [-0.2, -0.15) is 4.98 Å². The predicted molar refractivity (Wildman–Crippen MR) is 81.7 cm³/mol. The summed E-state index contributed by atoms with van der Waals surface area (Å²) in [4.78, 5) is 12.6. The maximum absolute atomic E-state index is 5.91. The molecule has 6 nitrogen and oxygen atoms in total. The Balaban J connectivity index is 1.69. The second-order valence-corrected chi connectivity index (χ2v) is 4.81. The van der Waals surface area contributed by atoms with E-state index in [1.54, 1.807) is 6.20 Å². The van der Waals surface area contributed by atoms with Crippen molar-refractivity contribution in [2.45, 2.75) is 0 Å². The zero-order chi connectivity index (χ0) is 13.9. The number of hydrogen-bond acceptors (Lipinski definition) is 6. The number of rotatable bonds is 2. The standard InChI is InChI=1S/C14H18N6/c15-13-12(10-17-14(16)18-13)20-8-6-19(7-9-20)11-4-2-1-3-5-11/h1-5,10H,6-9H2,(H4,15,16,17,18). The Labute approximate surface area is 118 Å². The Kier molecular flexibility index (Phi) is 3.28. The third-order valence-electron chi connectivity index (χ3n) is 3.56. The minimum atomic E-state index is 0.217. The van der Waals surface area contributed by atoms with Crippen molar-refractivity contribution in [2.24, 2.45) is 0 Å². The molecule has 2 heterocycles. The Hall–Kier alpha value is -2.50. The number of nitrogen functional groups attached to an aromatic ring is 2. The monoisotopic (exact) mass is 270 g/mol. The number of aromatic nitrogens is 2. The van der Waals surface area contributed by atoms with Gasteiger partial charge in [0.25, 0.3) is 0 Å². The van der Waals surface area contributed by atoms with E-state index in [0.717, 1.165) is 31.9 Å². The maximum Gasteiger partial charge on any atom is 0.222 e. The second-order valence-electron chi connectivity index (χ2n) is 4.81. The molecule has 3 rings (SSSR count). The second kappa shape index (κ2) is 5.24. The molecule has 104 valence electrons. The van der Waals surface area contributed by atoms with Crippen molar-refractivity contribution in [2.75, 3.05) is 47.4 Å². The van der Waals surface area contributed by atoms with E-state index >= 15 is 0 Å². The number of piperazine rings is 1. The Bertz CT molecular complexity index is 577. The van der Waals surface area contributed by atoms with Gasteiger partial charge in [-0.1, -0.05) is 18.2 Å². The molecule has 0 radical (unpaired) electrons. The highest BCUT2D eigenvalue weighted by Crippen LogP contribution is 2.23. The molecule has 1 aliphatic heterocycles. The molecule has 1 aromatic carbocycles. The molecular formula is C14H18N6. The van der Waals surface area contributed by atoms with Crippen molar-refractivity contribution in [1.82, 2.24) is 9.97 Å². The van der Waals surface area contributed by atoms with Crippen LogP contribution in [0.2, 0.25) is 0 Å². The summed E-state index contributed by atoms with van der Waals surface area (Å²) < 4.78 is 0. The first-order valence-electron chi connectivity index (χ1n) is 6.67. The first-order valence-corrected chi connectivity index (χ1v) is 6.67. The molecule has 1 aromatic heterocycles. The average molecular weight is 270 g/mol. The minimum Gasteiger partial charge on any atom is -0.382 e. The zero-order valence-corrected chi connectivity index (χ0v) is 11.2. The van der Waals surface area contributed by atoms with Crippen LogP contribution in [0.5, 0.6) is 0 Å². The number of para-hydroxylation sites is 1. The number of nitrogens with two attached hydrogens (primary N) is 2. The lowest BCUT2D eigenvalue weighted by molar-refractivity contribution is 0.652. The molecule has 0 saturated carbocycles. The molecule has 1 saturated heterocycles. The molecule has 4 N–H and O–H groups in total. The van der Waals surface area contributed by atoms with Crippen LogP contribution in [0.15, 0.2) is 36.5 Å². The summed E-state index contributed by atoms with van der Waals surface area (Å²) in [5.41, 5.74) is 13.6. The molecule has 0 atom stereocenters. The van der Waals surface area contributed by atoms with Crippen LogP contribution in [0.1, 0.15) is 0 Å². The molecule has 6 heteroatoms. The van der Waals surface area contributed by atoms with E-state index in [4.69, 9.17) is 11.5 Å². The number of nitrogens with zero attached hydrogens (tertiary/aromatic N) is 4. The number of anilines is 4. The highest BCUT2D eigenvalue weighted by Gasteiger charge is 2.19. The van der Waals surface area contributed by atoms with Gasteiger partial charge in [-0.05, 0) is 12.1 Å². The first kappa shape index (κ1) is 12.5. The van der Waals surface area contributed by atoms with Crippen LogP contribution in [0.3, 0.4) is 0 Å². The number of benzene rings is 1. The summed E-state index contributed by atoms with van der Waals surface area (Å²) in [6, 6.07) is 10.4. The lowest BCUT2D eigenvalue weighted by atomic mass is 10.2. The fourth-order valence-electron chi connectivity index (χ4n) is 2.49. The van der Waals surface area contributed by atoms with Gasteiger partial charge in [-0.25, -0.2) is 4.98 Å². The van der Waals surface area contributed by atoms with Gasteiger partial charge in [-0.15, -0.1) is 0 Å². The van der Waals surface area contributed by atoms with Gasteiger partial charge < -0.3 is 21.3 Å². The molecule has 0 bridgehead atoms. The van der Waals surface area contributed by atoms with Crippen molar-refractivity contribution in [3.8, 4) is 0 Å². The fraction of sp³-hybridized carbons (Fsp3) is 0.286. The molecule has 0 unspecified atom stereocenters. The van der Waals surface area contributed by atoms with Gasteiger partial charge in [-0.3, -0.25) is 0 Å². The van der Waals surface area contributed by atoms with Gasteiger partial charge in [0.15, 0.2) is 5.82 Å². The van der Waals surface area contributed by atoms with Crippen molar-refractivity contribution >= 4 is 23.1 Å². The van der Waals surface area contributed by atoms with E-state index < -0.39 is 0 Å². The van der Waals surface area contributed by atoms with Crippen LogP contribution in [0.4, 0.5) is 23.1 Å². The Morgan fingerprint density at radius 1 is 0.900 bits per heavy atom. The first-order chi connectivity index (χ1) is 9.74. The van der Waals surface area contributed by atoms with Crippen molar-refractivity contribution < 1.29 is 0 Å². The maximum atomic E-state index is 5.91. The van der Waals surface area contributed by atoms with Crippen LogP contribution in [-0.2, 0) is 0 Å². The molecule has 0 amide bonds. The van der Waals surface area contributed by atoms with Gasteiger partial charge >= 0.3 is 0 Å². The van der Waals surface area contributed by atoms with E-state index in [1.807, 2.05) is 6.07 Å². The highest BCUT2D eigenvalue weighted by molar-refractivity contribution is 5.64. The summed E-state index contributed by atoms with van der Waals surface area (Å²) in [6.45, 7) is 3.69. The van der Waals surface area contributed by atoms with Gasteiger partial charge in [0, 0.05) is 31.9 Å². The van der Waals surface area contributed by atoms with Crippen LogP contribution in [-0.4, -0.2) is 36.1 Å². The summed E-state index contributed by atoms with van der Waals surface area (Å²) in [6.07, 6.45) is 1.70. The smallest absolute Gasteiger partial charge is 0.222 e. The highest BCUT2D eigenvalue weighted by atomic mass is 15.3. The largest absolute Gasteiger partial charge is 0.382 e. The summed E-state index contributed by atoms with van der Waals surface area (Å²) in [5.74, 6) is 0.667. The van der Waals surface area contributed by atoms with Crippen LogP contribution in [0.25, 0.3) is 0 Å². The van der Waals surface area contributed by atoms with Crippen molar-refractivity contribution in [3.63, 3.8) is 0 Å². The average Bonchev–Trinajstić information content (AvgIpc) is 2.48. The molecule has 0 aliphatic carbocycles. The van der Waals surface area contributed by atoms with Crippen LogP contribution in [0, 0.1) is 0 Å². The lowest BCUT2D eigenvalue weighted by Gasteiger charge is -2.37. The van der Waals surface area contributed by atoms with E-state index in [1.165, 1.54) is 5.69 Å². The summed E-state index contributed by atoms with van der Waals surface area (Å²) >= 11 is 0. The lowest BCUT2D eigenvalue weighted by Crippen LogP contribution is -2.46. The van der Waals surface area contributed by atoms with Crippen LogP contribution < -0.4 is 21.3 Å². The molecule has 0 spiro atoms. The van der Waals surface area contributed by atoms with E-state index in [-0.39, 0.29) is 5.95 Å². The SMILES string of the molecule is Nc1ncc(N2CCN(c3ccccc3)CC2)c(N)n1. The fourth-order valence-corrected chi connectivity index (χ4v) is 2.49. The summed E-state index contributed by atoms with van der Waals surface area (Å²) in [7, 11) is 0. The predicted octanol–water partition coefficient (Wildman–Crippen LogP) is 0.968. The normalized spacial score (nSPS) is 15.4. The molecule has 20 heavy (non-hydrogen) atoms. The minimum absolute atomic E-state index is 0.217. The summed E-state index contributed by atoms with van der Waals surface area (Å²) in [5, 5.41) is 0. The van der Waals surface area contributed by atoms with Gasteiger partial charge in [0.2, 0.25) is 5.95 Å². The van der Waals surface area contributed by atoms with Crippen molar-refractivity contribution in [3.05, 3.63) is 36.5 Å². The van der Waals surface area contributed by atoms with Crippen LogP contribution >= 0.6 is 0 Å². The Morgan fingerprint density at radius 2 is 1.55 bits per heavy atom. The Morgan fingerprint density at radius 3 is 2.20 bits per heavy atom. The third kappa shape index (κ3) is 2.45. The third-order valence-corrected chi connectivity index (χ3v) is 3.56. The molecular weight excluding hydrogens is 252 g/mol. The van der Waals surface area contributed by atoms with E-state index in [9.17, 15) is 0 Å². The van der Waals surface area contributed by atoms with E-state index in [2.05, 4.69) is 44.0 Å². The molecule has 1 aliphatic rings. The topological polar surface area (TPSA) is 84.3 Å². The van der Waals surface area contributed by atoms with Gasteiger partial charge in [0.05, 0.1) is 11.9 Å². The van der Waals surface area contributed by atoms with Gasteiger partial charge in [0.1, 0.15) is 0 Å². The van der Waals surface area contributed by atoms with Crippen molar-refractivity contribution in [1.29, 1.82) is 0 Å². The quantitative estimate of drug-likeness (QED) is 0.846. The number of hydrogen-bond donors (Lipinski definition) is 2. The zero-order valence-electron chi connectivity index (χ0n) is 11.2. The molecule has 2 aromatic rings. The molecule has 1 fully saturated rings. The van der Waals surface area contributed by atoms with E-state index in [0.29, 0.717) is 5.82 Å².